The van der Waals surface area contributed by atoms with Gasteiger partial charge < -0.3 is 18.5 Å². The van der Waals surface area contributed by atoms with E-state index < -0.39 is 0 Å². The number of rotatable bonds is 6. The van der Waals surface area contributed by atoms with Crippen molar-refractivity contribution in [2.45, 2.75) is 0 Å². The lowest BCUT2D eigenvalue weighted by Crippen LogP contribution is -2.10. The van der Waals surface area contributed by atoms with Crippen molar-refractivity contribution < 1.29 is 4.42 Å². The molecule has 0 aliphatic carbocycles. The minimum absolute atomic E-state index is 0.833. The molecule has 0 N–H and O–H groups in total. The van der Waals surface area contributed by atoms with Gasteiger partial charge in [0.05, 0.1) is 33.4 Å². The van der Waals surface area contributed by atoms with Crippen LogP contribution in [0.3, 0.4) is 0 Å². The summed E-state index contributed by atoms with van der Waals surface area (Å²) in [5, 5.41) is 12.0. The maximum absolute atomic E-state index is 7.07. The lowest BCUT2D eigenvalue weighted by atomic mass is 9.97. The van der Waals surface area contributed by atoms with Crippen LogP contribution in [0, 0.1) is 0 Å². The molecule has 0 aliphatic heterocycles. The van der Waals surface area contributed by atoms with Gasteiger partial charge in [0.15, 0.2) is 5.58 Å². The van der Waals surface area contributed by atoms with Crippen LogP contribution in [0.2, 0.25) is 0 Å². The minimum Gasteiger partial charge on any atom is -0.454 e. The fraction of sp³-hybridized carbons (Fsp3) is 0. The molecule has 11 aromatic carbocycles. The van der Waals surface area contributed by atoms with Crippen molar-refractivity contribution in [3.05, 3.63) is 237 Å². The van der Waals surface area contributed by atoms with Gasteiger partial charge in [-0.05, 0) is 112 Å². The molecule has 0 saturated carbocycles. The number of nitrogens with zero attached hydrogens (tertiary/aromatic N) is 3. The standard InChI is InChI=1S/C62H39N3O/c1-2-15-44(16-3-1)64-56-24-11-8-20-53(56)61-57(25-13-26-58(61)64)63(45-33-30-40(31-34-45)42-32-36-48-43(38-42)29-28-41-14-4-5-17-47(41)48)46-35-37-51-52-21-12-27-59(62(52)66-60(51)39-46)65-54-22-9-6-18-49(54)50-19-7-10-23-55(50)65/h1-39H. The Morgan fingerprint density at radius 3 is 1.70 bits per heavy atom. The van der Waals surface area contributed by atoms with Crippen LogP contribution in [-0.2, 0) is 0 Å². The number of para-hydroxylation sites is 5. The molecule has 308 valence electrons. The summed E-state index contributed by atoms with van der Waals surface area (Å²) in [5.41, 5.74) is 14.0. The first kappa shape index (κ1) is 36.6. The first-order chi connectivity index (χ1) is 32.7. The summed E-state index contributed by atoms with van der Waals surface area (Å²) in [4.78, 5) is 2.40. The third kappa shape index (κ3) is 5.45. The van der Waals surface area contributed by atoms with Gasteiger partial charge in [-0.25, -0.2) is 0 Å². The molecule has 3 heterocycles. The maximum atomic E-state index is 7.07. The Kier molecular flexibility index (Phi) is 7.95. The topological polar surface area (TPSA) is 26.2 Å². The Morgan fingerprint density at radius 1 is 0.333 bits per heavy atom. The molecule has 0 atom stereocenters. The number of furan rings is 1. The number of hydrogen-bond donors (Lipinski definition) is 0. The second-order valence-corrected chi connectivity index (χ2v) is 17.3. The first-order valence-corrected chi connectivity index (χ1v) is 22.6. The third-order valence-corrected chi connectivity index (χ3v) is 13.7. The van der Waals surface area contributed by atoms with E-state index in [0.717, 1.165) is 78.0 Å². The number of anilines is 3. The normalized spacial score (nSPS) is 11.9. The summed E-state index contributed by atoms with van der Waals surface area (Å²) in [6.07, 6.45) is 0. The predicted octanol–water partition coefficient (Wildman–Crippen LogP) is 17.2. The first-order valence-electron chi connectivity index (χ1n) is 22.6. The zero-order valence-corrected chi connectivity index (χ0v) is 35.8. The Morgan fingerprint density at radius 2 is 0.909 bits per heavy atom. The van der Waals surface area contributed by atoms with E-state index in [1.165, 1.54) is 48.7 Å². The predicted molar refractivity (Wildman–Crippen MR) is 278 cm³/mol. The molecular weight excluding hydrogens is 803 g/mol. The van der Waals surface area contributed by atoms with Crippen LogP contribution in [0.25, 0.3) is 110 Å². The molecule has 14 rings (SSSR count). The zero-order chi connectivity index (χ0) is 43.3. The van der Waals surface area contributed by atoms with Crippen LogP contribution < -0.4 is 4.90 Å². The van der Waals surface area contributed by atoms with Gasteiger partial charge in [0.2, 0.25) is 0 Å². The van der Waals surface area contributed by atoms with E-state index in [4.69, 9.17) is 4.42 Å². The molecule has 0 spiro atoms. The molecule has 4 nitrogen and oxygen atoms in total. The van der Waals surface area contributed by atoms with Crippen LogP contribution in [0.5, 0.6) is 0 Å². The molecule has 0 saturated heterocycles. The van der Waals surface area contributed by atoms with Crippen LogP contribution in [-0.4, -0.2) is 9.13 Å². The molecule has 14 aromatic rings. The van der Waals surface area contributed by atoms with Crippen molar-refractivity contribution in [2.24, 2.45) is 0 Å². The monoisotopic (exact) mass is 841 g/mol. The number of fused-ring (bicyclic) bond motifs is 12. The van der Waals surface area contributed by atoms with Gasteiger partial charge in [-0.2, -0.15) is 0 Å². The third-order valence-electron chi connectivity index (χ3n) is 13.7. The average Bonchev–Trinajstić information content (AvgIpc) is 4.05. The summed E-state index contributed by atoms with van der Waals surface area (Å²) < 4.78 is 11.8. The molecule has 0 radical (unpaired) electrons. The Labute approximate surface area is 380 Å². The quantitative estimate of drug-likeness (QED) is 0.156. The molecule has 0 unspecified atom stereocenters. The number of hydrogen-bond acceptors (Lipinski definition) is 2. The Bertz CT molecular complexity index is 4180. The maximum Gasteiger partial charge on any atom is 0.159 e. The SMILES string of the molecule is c1ccc(-n2c3ccccc3c3c(N(c4ccc(-c5ccc6c(ccc7ccccc76)c5)cc4)c4ccc5c(c4)oc4c(-n6c7ccccc7c7ccccc76)cccc45)cccc32)cc1. The van der Waals surface area contributed by atoms with Crippen LogP contribution in [0.15, 0.2) is 241 Å². The largest absolute Gasteiger partial charge is 0.454 e. The highest BCUT2D eigenvalue weighted by Gasteiger charge is 2.23. The summed E-state index contributed by atoms with van der Waals surface area (Å²) in [6, 6.07) is 85.6. The summed E-state index contributed by atoms with van der Waals surface area (Å²) in [5.74, 6) is 0. The Balaban J connectivity index is 0.970. The molecule has 0 aliphatic rings. The van der Waals surface area contributed by atoms with Gasteiger partial charge in [0, 0.05) is 55.4 Å². The van der Waals surface area contributed by atoms with Crippen LogP contribution in [0.4, 0.5) is 17.1 Å². The second kappa shape index (κ2) is 14.3. The van der Waals surface area contributed by atoms with Crippen LogP contribution in [0.1, 0.15) is 0 Å². The van der Waals surface area contributed by atoms with Crippen molar-refractivity contribution in [3.8, 4) is 22.5 Å². The van der Waals surface area contributed by atoms with E-state index >= 15 is 0 Å². The smallest absolute Gasteiger partial charge is 0.159 e. The molecule has 3 aromatic heterocycles. The van der Waals surface area contributed by atoms with Gasteiger partial charge >= 0.3 is 0 Å². The van der Waals surface area contributed by atoms with E-state index in [1.807, 2.05) is 0 Å². The van der Waals surface area contributed by atoms with Gasteiger partial charge in [-0.3, -0.25) is 0 Å². The van der Waals surface area contributed by atoms with Crippen LogP contribution >= 0.6 is 0 Å². The van der Waals surface area contributed by atoms with E-state index in [-0.39, 0.29) is 0 Å². The molecule has 0 amide bonds. The van der Waals surface area contributed by atoms with Gasteiger partial charge in [-0.15, -0.1) is 0 Å². The molecule has 0 bridgehead atoms. The molecule has 0 fully saturated rings. The second-order valence-electron chi connectivity index (χ2n) is 17.3. The summed E-state index contributed by atoms with van der Waals surface area (Å²) in [7, 11) is 0. The average molecular weight is 842 g/mol. The summed E-state index contributed by atoms with van der Waals surface area (Å²) >= 11 is 0. The summed E-state index contributed by atoms with van der Waals surface area (Å²) in [6.45, 7) is 0. The lowest BCUT2D eigenvalue weighted by Gasteiger charge is -2.27. The number of benzene rings is 11. The van der Waals surface area contributed by atoms with Crippen molar-refractivity contribution in [1.82, 2.24) is 9.13 Å². The molecule has 66 heavy (non-hydrogen) atoms. The Hall–Kier alpha value is -8.86. The van der Waals surface area contributed by atoms with Crippen molar-refractivity contribution in [3.63, 3.8) is 0 Å². The fourth-order valence-electron chi connectivity index (χ4n) is 10.7. The van der Waals surface area contributed by atoms with Gasteiger partial charge in [0.25, 0.3) is 0 Å². The number of aromatic nitrogens is 2. The van der Waals surface area contributed by atoms with E-state index in [0.29, 0.717) is 0 Å². The van der Waals surface area contributed by atoms with Crippen molar-refractivity contribution in [2.75, 3.05) is 4.90 Å². The molecular formula is C62H39N3O. The highest BCUT2D eigenvalue weighted by atomic mass is 16.3. The van der Waals surface area contributed by atoms with E-state index in [2.05, 4.69) is 251 Å². The highest BCUT2D eigenvalue weighted by Crippen LogP contribution is 2.46. The lowest BCUT2D eigenvalue weighted by molar-refractivity contribution is 0.666. The fourth-order valence-corrected chi connectivity index (χ4v) is 10.7. The van der Waals surface area contributed by atoms with E-state index in [9.17, 15) is 0 Å². The zero-order valence-electron chi connectivity index (χ0n) is 35.8. The highest BCUT2D eigenvalue weighted by molar-refractivity contribution is 6.18. The van der Waals surface area contributed by atoms with Crippen molar-refractivity contribution >= 4 is 104 Å². The van der Waals surface area contributed by atoms with Gasteiger partial charge in [-0.1, -0.05) is 152 Å². The van der Waals surface area contributed by atoms with Crippen molar-refractivity contribution in [1.29, 1.82) is 0 Å². The van der Waals surface area contributed by atoms with Gasteiger partial charge in [0.1, 0.15) is 5.58 Å². The molecule has 4 heteroatoms. The van der Waals surface area contributed by atoms with E-state index in [1.54, 1.807) is 0 Å². The minimum atomic E-state index is 0.833.